The van der Waals surface area contributed by atoms with E-state index in [9.17, 15) is 0 Å². The Bertz CT molecular complexity index is 2350. The van der Waals surface area contributed by atoms with Crippen molar-refractivity contribution in [2.45, 2.75) is 39.5 Å². The van der Waals surface area contributed by atoms with Crippen molar-refractivity contribution >= 4 is 64.2 Å². The molecule has 0 fully saturated rings. The molecule has 0 saturated heterocycles. The number of pyridine rings is 2. The Labute approximate surface area is 274 Å². The second-order valence-corrected chi connectivity index (χ2v) is 12.8. The van der Waals surface area contributed by atoms with E-state index in [0.717, 1.165) is 49.3 Å². The number of hydrogen-bond acceptors (Lipinski definition) is 4. The number of rotatable bonds is 5. The van der Waals surface area contributed by atoms with Crippen LogP contribution in [-0.4, -0.2) is 14.5 Å². The maximum atomic E-state index is 6.48. The number of aromatic nitrogens is 3. The Morgan fingerprint density at radius 3 is 2.39 bits per heavy atom. The number of benzene rings is 4. The van der Waals surface area contributed by atoms with Crippen LogP contribution in [0.3, 0.4) is 0 Å². The molecule has 4 nitrogen and oxygen atoms in total. The van der Waals surface area contributed by atoms with Gasteiger partial charge in [0.2, 0.25) is 0 Å². The minimum atomic E-state index is 0. The summed E-state index contributed by atoms with van der Waals surface area (Å²) in [5, 5.41) is 5.56. The van der Waals surface area contributed by atoms with Crippen LogP contribution in [0.4, 0.5) is 0 Å². The molecular weight excluding hydrogens is 742 g/mol. The normalized spacial score (nSPS) is 11.9. The van der Waals surface area contributed by atoms with Gasteiger partial charge in [-0.2, -0.15) is 6.07 Å². The summed E-state index contributed by atoms with van der Waals surface area (Å²) in [6.45, 7) is 8.88. The fourth-order valence-electron chi connectivity index (χ4n) is 6.10. The van der Waals surface area contributed by atoms with E-state index in [2.05, 4.69) is 111 Å². The van der Waals surface area contributed by atoms with Gasteiger partial charge in [-0.1, -0.05) is 75.0 Å². The first-order chi connectivity index (χ1) is 21.0. The van der Waals surface area contributed by atoms with E-state index in [1.807, 2.05) is 35.9 Å². The largest absolute Gasteiger partial charge is 2.00 e. The Balaban J connectivity index is 0.00000312. The molecule has 0 amide bonds. The van der Waals surface area contributed by atoms with Gasteiger partial charge < -0.3 is 9.30 Å². The molecule has 4 heterocycles. The number of ether oxygens (including phenoxy) is 1. The second-order valence-electron chi connectivity index (χ2n) is 11.7. The summed E-state index contributed by atoms with van der Waals surface area (Å²) in [6.07, 6.45) is 3.82. The average Bonchev–Trinajstić information content (AvgIpc) is 3.56. The van der Waals surface area contributed by atoms with E-state index >= 15 is 0 Å². The fraction of sp³-hybridized carbons (Fsp3) is 0.158. The molecule has 0 bridgehead atoms. The number of fused-ring (bicyclic) bond motifs is 8. The van der Waals surface area contributed by atoms with Crippen LogP contribution in [0, 0.1) is 12.1 Å². The molecule has 8 aromatic rings. The minimum Gasteiger partial charge on any atom is -0.503 e. The van der Waals surface area contributed by atoms with Crippen LogP contribution in [-0.2, 0) is 21.1 Å². The van der Waals surface area contributed by atoms with E-state index < -0.39 is 0 Å². The van der Waals surface area contributed by atoms with Gasteiger partial charge in [-0.25, -0.2) is 4.98 Å². The van der Waals surface area contributed by atoms with Gasteiger partial charge in [0.05, 0.1) is 0 Å². The van der Waals surface area contributed by atoms with Crippen molar-refractivity contribution < 1.29 is 25.8 Å². The molecule has 0 aliphatic carbocycles. The van der Waals surface area contributed by atoms with Crippen molar-refractivity contribution in [2.24, 2.45) is 0 Å². The first-order valence-electron chi connectivity index (χ1n) is 14.7. The molecule has 8 rings (SSSR count). The molecule has 4 aromatic carbocycles. The zero-order valence-corrected chi connectivity index (χ0v) is 27.9. The zero-order valence-electron chi connectivity index (χ0n) is 24.8. The molecule has 0 atom stereocenters. The van der Waals surface area contributed by atoms with Crippen LogP contribution in [0.5, 0.6) is 11.5 Å². The maximum absolute atomic E-state index is 6.48. The third kappa shape index (κ3) is 4.62. The molecule has 4 aromatic heterocycles. The van der Waals surface area contributed by atoms with Crippen molar-refractivity contribution in [1.29, 1.82) is 0 Å². The van der Waals surface area contributed by atoms with E-state index in [1.54, 1.807) is 0 Å². The van der Waals surface area contributed by atoms with Crippen LogP contribution in [0.2, 0.25) is 0 Å². The fourth-order valence-corrected chi connectivity index (χ4v) is 7.43. The van der Waals surface area contributed by atoms with E-state index in [1.165, 1.54) is 20.5 Å². The monoisotopic (exact) mass is 770 g/mol. The van der Waals surface area contributed by atoms with Gasteiger partial charge in [-0.3, -0.25) is 4.98 Å². The van der Waals surface area contributed by atoms with Gasteiger partial charge in [-0.05, 0) is 57.3 Å². The van der Waals surface area contributed by atoms with Crippen molar-refractivity contribution in [3.05, 3.63) is 115 Å². The van der Waals surface area contributed by atoms with Crippen molar-refractivity contribution in [1.82, 2.24) is 14.5 Å². The SMILES string of the molecule is CC(C)c1ccnc(-n2c3[c-]c(Oc4[c-]c5c(cc4)ccc4sc6c(C(C)C)ccnc6c45)ccc3c3ccccc32)c1.[Pt+2]. The topological polar surface area (TPSA) is 39.9 Å². The predicted octanol–water partition coefficient (Wildman–Crippen LogP) is 10.7. The Morgan fingerprint density at radius 1 is 0.773 bits per heavy atom. The quantitative estimate of drug-likeness (QED) is 0.164. The summed E-state index contributed by atoms with van der Waals surface area (Å²) in [6, 6.07) is 34.6. The molecule has 0 aliphatic rings. The summed E-state index contributed by atoms with van der Waals surface area (Å²) in [7, 11) is 0. The first kappa shape index (κ1) is 28.7. The first-order valence-corrected chi connectivity index (χ1v) is 15.5. The standard InChI is InChI=1S/C38H29N3OS.Pt/c1-22(2)25-15-17-39-35(19-25)41-32-8-6-5-7-29(32)30-13-12-27(21-33(30)41)42-26-11-9-24-10-14-34-36(31(24)20-26)37-38(43-34)28(23(3)4)16-18-40-37;/h5-19,22-23H,1-4H3;/q-2;+2. The second kappa shape index (κ2) is 11.1. The van der Waals surface area contributed by atoms with Gasteiger partial charge in [0.1, 0.15) is 5.82 Å². The number of para-hydroxylation sites is 1. The third-order valence-corrected chi connectivity index (χ3v) is 9.50. The Kier molecular flexibility index (Phi) is 7.27. The molecule has 6 heteroatoms. The third-order valence-electron chi connectivity index (χ3n) is 8.31. The van der Waals surface area contributed by atoms with Gasteiger partial charge in [0.15, 0.2) is 0 Å². The summed E-state index contributed by atoms with van der Waals surface area (Å²) < 4.78 is 11.1. The predicted molar refractivity (Wildman–Crippen MR) is 179 cm³/mol. The maximum Gasteiger partial charge on any atom is 2.00 e. The molecule has 0 saturated carbocycles. The van der Waals surface area contributed by atoms with Crippen molar-refractivity contribution in [3.8, 4) is 17.3 Å². The van der Waals surface area contributed by atoms with Gasteiger partial charge in [0.25, 0.3) is 0 Å². The Morgan fingerprint density at radius 2 is 1.55 bits per heavy atom. The molecule has 44 heavy (non-hydrogen) atoms. The van der Waals surface area contributed by atoms with E-state index in [4.69, 9.17) is 14.7 Å². The summed E-state index contributed by atoms with van der Waals surface area (Å²) in [4.78, 5) is 9.59. The minimum absolute atomic E-state index is 0. The Hall–Kier alpha value is -4.05. The molecule has 0 spiro atoms. The van der Waals surface area contributed by atoms with Gasteiger partial charge in [0, 0.05) is 39.6 Å². The van der Waals surface area contributed by atoms with Gasteiger partial charge in [-0.15, -0.1) is 51.8 Å². The van der Waals surface area contributed by atoms with Crippen LogP contribution in [0.15, 0.2) is 91.3 Å². The average molecular weight is 771 g/mol. The van der Waals surface area contributed by atoms with E-state index in [0.29, 0.717) is 23.3 Å². The summed E-state index contributed by atoms with van der Waals surface area (Å²) >= 11 is 1.81. The van der Waals surface area contributed by atoms with Crippen LogP contribution >= 0.6 is 11.3 Å². The molecule has 0 radical (unpaired) electrons. The molecule has 0 unspecified atom stereocenters. The number of hydrogen-bond donors (Lipinski definition) is 0. The van der Waals surface area contributed by atoms with Crippen LogP contribution < -0.4 is 4.74 Å². The molecule has 218 valence electrons. The van der Waals surface area contributed by atoms with E-state index in [-0.39, 0.29) is 21.1 Å². The summed E-state index contributed by atoms with van der Waals surface area (Å²) in [5.74, 6) is 2.99. The zero-order chi connectivity index (χ0) is 29.2. The molecular formula is C38H29N3OPtS. The molecule has 0 aliphatic heterocycles. The van der Waals surface area contributed by atoms with Crippen LogP contribution in [0.1, 0.15) is 50.7 Å². The van der Waals surface area contributed by atoms with Crippen LogP contribution in [0.25, 0.3) is 58.7 Å². The summed E-state index contributed by atoms with van der Waals surface area (Å²) in [5.41, 5.74) is 5.65. The molecule has 0 N–H and O–H groups in total. The van der Waals surface area contributed by atoms with Crippen molar-refractivity contribution in [2.75, 3.05) is 0 Å². The van der Waals surface area contributed by atoms with Gasteiger partial charge >= 0.3 is 21.1 Å². The smallest absolute Gasteiger partial charge is 0.503 e. The number of nitrogens with zero attached hydrogens (tertiary/aromatic N) is 3. The van der Waals surface area contributed by atoms with Crippen molar-refractivity contribution in [3.63, 3.8) is 0 Å². The number of thiophene rings is 1.